The van der Waals surface area contributed by atoms with Gasteiger partial charge in [-0.2, -0.15) is 8.78 Å². The van der Waals surface area contributed by atoms with Gasteiger partial charge in [-0.15, -0.1) is 0 Å². The van der Waals surface area contributed by atoms with Crippen molar-refractivity contribution < 1.29 is 18.3 Å². The standard InChI is InChI=1S/C11H14F3NO/c1-7(16)11(13,14)8-5-4-6-9(10(8)12)15(2)3/h4-7,16H,1-3H3/t7-/m1/s1. The van der Waals surface area contributed by atoms with Gasteiger partial charge in [0.2, 0.25) is 0 Å². The highest BCUT2D eigenvalue weighted by molar-refractivity contribution is 5.50. The van der Waals surface area contributed by atoms with Gasteiger partial charge in [0.25, 0.3) is 0 Å². The lowest BCUT2D eigenvalue weighted by Crippen LogP contribution is -2.29. The lowest BCUT2D eigenvalue weighted by molar-refractivity contribution is -0.108. The minimum atomic E-state index is -3.59. The van der Waals surface area contributed by atoms with Crippen LogP contribution in [-0.4, -0.2) is 25.3 Å². The second-order valence-corrected chi connectivity index (χ2v) is 3.83. The average molecular weight is 233 g/mol. The molecule has 5 heteroatoms. The number of aliphatic hydroxyl groups is 1. The summed E-state index contributed by atoms with van der Waals surface area (Å²) in [6.45, 7) is 0.932. The van der Waals surface area contributed by atoms with Crippen LogP contribution in [0.3, 0.4) is 0 Å². The zero-order chi connectivity index (χ0) is 12.5. The molecule has 2 nitrogen and oxygen atoms in total. The average Bonchev–Trinajstić information content (AvgIpc) is 2.16. The van der Waals surface area contributed by atoms with E-state index in [0.717, 1.165) is 13.0 Å². The highest BCUT2D eigenvalue weighted by Crippen LogP contribution is 2.36. The van der Waals surface area contributed by atoms with Gasteiger partial charge in [-0.05, 0) is 19.1 Å². The fourth-order valence-electron chi connectivity index (χ4n) is 1.35. The van der Waals surface area contributed by atoms with Gasteiger partial charge >= 0.3 is 5.92 Å². The number of anilines is 1. The van der Waals surface area contributed by atoms with Crippen molar-refractivity contribution in [1.82, 2.24) is 0 Å². The first kappa shape index (κ1) is 12.8. The fraction of sp³-hybridized carbons (Fsp3) is 0.455. The summed E-state index contributed by atoms with van der Waals surface area (Å²) >= 11 is 0. The van der Waals surface area contributed by atoms with E-state index in [4.69, 9.17) is 5.11 Å². The Bertz CT molecular complexity index is 377. The van der Waals surface area contributed by atoms with Crippen molar-refractivity contribution in [2.45, 2.75) is 19.0 Å². The van der Waals surface area contributed by atoms with Crippen LogP contribution >= 0.6 is 0 Å². The zero-order valence-corrected chi connectivity index (χ0v) is 9.34. The normalized spacial score (nSPS) is 13.7. The van der Waals surface area contributed by atoms with E-state index in [1.807, 2.05) is 0 Å². The molecule has 16 heavy (non-hydrogen) atoms. The molecule has 90 valence electrons. The molecule has 0 saturated heterocycles. The molecule has 0 aliphatic heterocycles. The Kier molecular flexibility index (Phi) is 3.48. The van der Waals surface area contributed by atoms with Crippen LogP contribution in [0.4, 0.5) is 18.9 Å². The maximum absolute atomic E-state index is 13.7. The summed E-state index contributed by atoms with van der Waals surface area (Å²) in [5.41, 5.74) is -0.716. The molecule has 0 aromatic heterocycles. The molecule has 0 fully saturated rings. The number of alkyl halides is 2. The molecule has 0 aliphatic rings. The SMILES string of the molecule is C[C@@H](O)C(F)(F)c1cccc(N(C)C)c1F. The molecule has 1 aromatic rings. The fourth-order valence-corrected chi connectivity index (χ4v) is 1.35. The molecule has 1 atom stereocenters. The number of aliphatic hydroxyl groups excluding tert-OH is 1. The monoisotopic (exact) mass is 233 g/mol. The van der Waals surface area contributed by atoms with Gasteiger partial charge in [0.1, 0.15) is 6.10 Å². The lowest BCUT2D eigenvalue weighted by atomic mass is 10.0. The van der Waals surface area contributed by atoms with Crippen LogP contribution in [0, 0.1) is 5.82 Å². The number of rotatable bonds is 3. The zero-order valence-electron chi connectivity index (χ0n) is 9.34. The topological polar surface area (TPSA) is 23.5 Å². The largest absolute Gasteiger partial charge is 0.387 e. The third-order valence-corrected chi connectivity index (χ3v) is 2.34. The quantitative estimate of drug-likeness (QED) is 0.866. The molecule has 0 saturated carbocycles. The van der Waals surface area contributed by atoms with E-state index in [2.05, 4.69) is 0 Å². The van der Waals surface area contributed by atoms with Gasteiger partial charge in [-0.1, -0.05) is 6.07 Å². The summed E-state index contributed by atoms with van der Waals surface area (Å²) < 4.78 is 40.7. The summed E-state index contributed by atoms with van der Waals surface area (Å²) in [5.74, 6) is -4.59. The molecule has 0 heterocycles. The van der Waals surface area contributed by atoms with Crippen molar-refractivity contribution in [2.75, 3.05) is 19.0 Å². The molecule has 1 rings (SSSR count). The maximum Gasteiger partial charge on any atom is 0.301 e. The summed E-state index contributed by atoms with van der Waals surface area (Å²) in [5, 5.41) is 8.96. The van der Waals surface area contributed by atoms with Crippen LogP contribution < -0.4 is 4.90 Å². The first-order chi connectivity index (χ1) is 7.28. The van der Waals surface area contributed by atoms with Gasteiger partial charge in [-0.25, -0.2) is 4.39 Å². The molecule has 0 unspecified atom stereocenters. The summed E-state index contributed by atoms with van der Waals surface area (Å²) in [6.07, 6.45) is -1.93. The molecule has 0 radical (unpaired) electrons. The number of benzene rings is 1. The molecule has 0 bridgehead atoms. The third-order valence-electron chi connectivity index (χ3n) is 2.34. The van der Waals surface area contributed by atoms with E-state index in [1.165, 1.54) is 17.0 Å². The Balaban J connectivity index is 3.31. The molecule has 0 spiro atoms. The summed E-state index contributed by atoms with van der Waals surface area (Å²) in [7, 11) is 3.12. The second kappa shape index (κ2) is 4.33. The van der Waals surface area contributed by atoms with Crippen molar-refractivity contribution in [1.29, 1.82) is 0 Å². The molecule has 1 aromatic carbocycles. The van der Waals surface area contributed by atoms with Crippen molar-refractivity contribution in [3.63, 3.8) is 0 Å². The van der Waals surface area contributed by atoms with Crippen LogP contribution in [-0.2, 0) is 5.92 Å². The number of hydrogen-bond donors (Lipinski definition) is 1. The Morgan fingerprint density at radius 1 is 1.31 bits per heavy atom. The predicted molar refractivity (Wildman–Crippen MR) is 56.3 cm³/mol. The van der Waals surface area contributed by atoms with E-state index < -0.39 is 23.4 Å². The van der Waals surface area contributed by atoms with Gasteiger partial charge in [0, 0.05) is 14.1 Å². The summed E-state index contributed by atoms with van der Waals surface area (Å²) in [4.78, 5) is 1.40. The van der Waals surface area contributed by atoms with Gasteiger partial charge in [-0.3, -0.25) is 0 Å². The molecule has 1 N–H and O–H groups in total. The molecular formula is C11H14F3NO. The van der Waals surface area contributed by atoms with Crippen molar-refractivity contribution in [2.24, 2.45) is 0 Å². The second-order valence-electron chi connectivity index (χ2n) is 3.83. The minimum absolute atomic E-state index is 0.0674. The molecule has 0 aliphatic carbocycles. The van der Waals surface area contributed by atoms with E-state index in [1.54, 1.807) is 14.1 Å². The highest BCUT2D eigenvalue weighted by Gasteiger charge is 2.40. The Morgan fingerprint density at radius 2 is 1.88 bits per heavy atom. The third kappa shape index (κ3) is 2.14. The van der Waals surface area contributed by atoms with Crippen LogP contribution in [0.15, 0.2) is 18.2 Å². The van der Waals surface area contributed by atoms with E-state index >= 15 is 0 Å². The first-order valence-corrected chi connectivity index (χ1v) is 4.80. The predicted octanol–water partition coefficient (Wildman–Crippen LogP) is 2.36. The van der Waals surface area contributed by atoms with Crippen LogP contribution in [0.1, 0.15) is 12.5 Å². The van der Waals surface area contributed by atoms with Crippen molar-refractivity contribution >= 4 is 5.69 Å². The highest BCUT2D eigenvalue weighted by atomic mass is 19.3. The molecular weight excluding hydrogens is 219 g/mol. The van der Waals surface area contributed by atoms with Crippen LogP contribution in [0.2, 0.25) is 0 Å². The van der Waals surface area contributed by atoms with Crippen LogP contribution in [0.25, 0.3) is 0 Å². The van der Waals surface area contributed by atoms with E-state index in [9.17, 15) is 13.2 Å². The van der Waals surface area contributed by atoms with E-state index in [-0.39, 0.29) is 5.69 Å². The van der Waals surface area contributed by atoms with Gasteiger partial charge in [0.15, 0.2) is 5.82 Å². The smallest absolute Gasteiger partial charge is 0.301 e. The lowest BCUT2D eigenvalue weighted by Gasteiger charge is -2.23. The number of hydrogen-bond acceptors (Lipinski definition) is 2. The number of nitrogens with zero attached hydrogens (tertiary/aromatic N) is 1. The maximum atomic E-state index is 13.7. The number of halogens is 3. The minimum Gasteiger partial charge on any atom is -0.387 e. The summed E-state index contributed by atoms with van der Waals surface area (Å²) in [6, 6.07) is 3.72. The van der Waals surface area contributed by atoms with Crippen molar-refractivity contribution in [3.05, 3.63) is 29.6 Å². The Labute approximate surface area is 92.3 Å². The Hall–Kier alpha value is -1.23. The van der Waals surface area contributed by atoms with Gasteiger partial charge in [0.05, 0.1) is 11.3 Å². The van der Waals surface area contributed by atoms with Crippen molar-refractivity contribution in [3.8, 4) is 0 Å². The molecule has 0 amide bonds. The Morgan fingerprint density at radius 3 is 2.31 bits per heavy atom. The first-order valence-electron chi connectivity index (χ1n) is 4.80. The van der Waals surface area contributed by atoms with Gasteiger partial charge < -0.3 is 10.0 Å². The van der Waals surface area contributed by atoms with Crippen LogP contribution in [0.5, 0.6) is 0 Å². The van der Waals surface area contributed by atoms with E-state index in [0.29, 0.717) is 0 Å².